The average molecular weight is 221 g/mol. The molecule has 0 atom stereocenters. The standard InChI is InChI=1S/C16H15N/c1-14(17-16-10-6-3-7-11-16)12-13-15-8-4-2-5-9-15/h2-13H,1H3/b13-12+,17-14?. The third-order valence-electron chi connectivity index (χ3n) is 2.38. The first-order chi connectivity index (χ1) is 8.34. The lowest BCUT2D eigenvalue weighted by Crippen LogP contribution is -1.82. The van der Waals surface area contributed by atoms with Gasteiger partial charge < -0.3 is 0 Å². The van der Waals surface area contributed by atoms with Crippen molar-refractivity contribution in [2.24, 2.45) is 4.99 Å². The van der Waals surface area contributed by atoms with Crippen LogP contribution in [0.1, 0.15) is 12.5 Å². The van der Waals surface area contributed by atoms with E-state index >= 15 is 0 Å². The summed E-state index contributed by atoms with van der Waals surface area (Å²) in [6.07, 6.45) is 4.10. The molecule has 0 amide bonds. The highest BCUT2D eigenvalue weighted by Crippen LogP contribution is 2.10. The van der Waals surface area contributed by atoms with E-state index in [2.05, 4.69) is 23.2 Å². The smallest absolute Gasteiger partial charge is 0.0632 e. The van der Waals surface area contributed by atoms with Gasteiger partial charge in [0.1, 0.15) is 0 Å². The van der Waals surface area contributed by atoms with Gasteiger partial charge in [-0.3, -0.25) is 4.99 Å². The monoisotopic (exact) mass is 221 g/mol. The molecule has 0 aliphatic heterocycles. The van der Waals surface area contributed by atoms with E-state index < -0.39 is 0 Å². The Balaban J connectivity index is 2.09. The third kappa shape index (κ3) is 3.72. The van der Waals surface area contributed by atoms with Crippen LogP contribution in [0.5, 0.6) is 0 Å². The fraction of sp³-hybridized carbons (Fsp3) is 0.0625. The molecule has 0 spiro atoms. The van der Waals surface area contributed by atoms with Gasteiger partial charge in [-0.15, -0.1) is 0 Å². The average Bonchev–Trinajstić information content (AvgIpc) is 2.39. The zero-order valence-corrected chi connectivity index (χ0v) is 9.88. The summed E-state index contributed by atoms with van der Waals surface area (Å²) in [6.45, 7) is 2.01. The fourth-order valence-electron chi connectivity index (χ4n) is 1.52. The number of para-hydroxylation sites is 1. The molecule has 0 N–H and O–H groups in total. The van der Waals surface area contributed by atoms with Gasteiger partial charge in [-0.2, -0.15) is 0 Å². The zero-order valence-electron chi connectivity index (χ0n) is 9.88. The van der Waals surface area contributed by atoms with Crippen molar-refractivity contribution in [3.63, 3.8) is 0 Å². The van der Waals surface area contributed by atoms with Crippen LogP contribution in [0.2, 0.25) is 0 Å². The lowest BCUT2D eigenvalue weighted by molar-refractivity contribution is 1.50. The second kappa shape index (κ2) is 5.80. The molecular formula is C16H15N. The molecule has 2 rings (SSSR count). The van der Waals surface area contributed by atoms with E-state index in [1.54, 1.807) is 0 Å². The summed E-state index contributed by atoms with van der Waals surface area (Å²) in [5.41, 5.74) is 3.18. The highest BCUT2D eigenvalue weighted by Gasteiger charge is 1.88. The van der Waals surface area contributed by atoms with Crippen molar-refractivity contribution < 1.29 is 0 Å². The Hall–Kier alpha value is -2.15. The van der Waals surface area contributed by atoms with Crippen LogP contribution in [0, 0.1) is 0 Å². The van der Waals surface area contributed by atoms with Crippen LogP contribution in [-0.4, -0.2) is 5.71 Å². The number of hydrogen-bond acceptors (Lipinski definition) is 1. The predicted octanol–water partition coefficient (Wildman–Crippen LogP) is 4.49. The van der Waals surface area contributed by atoms with Gasteiger partial charge >= 0.3 is 0 Å². The van der Waals surface area contributed by atoms with Gasteiger partial charge in [0, 0.05) is 5.71 Å². The first-order valence-electron chi connectivity index (χ1n) is 5.68. The number of benzene rings is 2. The highest BCUT2D eigenvalue weighted by molar-refractivity contribution is 5.97. The predicted molar refractivity (Wildman–Crippen MR) is 74.7 cm³/mol. The van der Waals surface area contributed by atoms with Gasteiger partial charge in [-0.1, -0.05) is 54.6 Å². The SMILES string of the molecule is CC(/C=C/c1ccccc1)=Nc1ccccc1. The van der Waals surface area contributed by atoms with Crippen molar-refractivity contribution in [3.8, 4) is 0 Å². The molecule has 0 aromatic heterocycles. The minimum Gasteiger partial charge on any atom is -0.254 e. The number of aliphatic imine (C=N–C) groups is 1. The Kier molecular flexibility index (Phi) is 3.87. The summed E-state index contributed by atoms with van der Waals surface area (Å²) in [5, 5.41) is 0. The molecule has 17 heavy (non-hydrogen) atoms. The Bertz CT molecular complexity index is 510. The maximum Gasteiger partial charge on any atom is 0.0632 e. The first kappa shape index (κ1) is 11.3. The molecule has 1 nitrogen and oxygen atoms in total. The first-order valence-corrected chi connectivity index (χ1v) is 5.68. The van der Waals surface area contributed by atoms with Gasteiger partial charge in [0.25, 0.3) is 0 Å². The van der Waals surface area contributed by atoms with Crippen LogP contribution in [0.3, 0.4) is 0 Å². The molecule has 0 aliphatic rings. The van der Waals surface area contributed by atoms with Gasteiger partial charge in [0.15, 0.2) is 0 Å². The van der Waals surface area contributed by atoms with Crippen molar-refractivity contribution in [2.75, 3.05) is 0 Å². The number of hydrogen-bond donors (Lipinski definition) is 0. The summed E-state index contributed by atoms with van der Waals surface area (Å²) in [6, 6.07) is 20.2. The van der Waals surface area contributed by atoms with Crippen LogP contribution in [0.25, 0.3) is 6.08 Å². The molecule has 1 heteroatoms. The molecule has 0 aliphatic carbocycles. The summed E-state index contributed by atoms with van der Waals surface area (Å²) >= 11 is 0. The highest BCUT2D eigenvalue weighted by atomic mass is 14.7. The van der Waals surface area contributed by atoms with E-state index in [4.69, 9.17) is 0 Å². The van der Waals surface area contributed by atoms with Gasteiger partial charge in [-0.05, 0) is 30.7 Å². The maximum absolute atomic E-state index is 4.50. The molecule has 0 heterocycles. The topological polar surface area (TPSA) is 12.4 Å². The molecule has 0 saturated carbocycles. The van der Waals surface area contributed by atoms with Crippen LogP contribution < -0.4 is 0 Å². The van der Waals surface area contributed by atoms with Crippen molar-refractivity contribution >= 4 is 17.5 Å². The second-order valence-electron chi connectivity index (χ2n) is 3.83. The Morgan fingerprint density at radius 1 is 0.882 bits per heavy atom. The number of rotatable bonds is 3. The van der Waals surface area contributed by atoms with Crippen molar-refractivity contribution in [3.05, 3.63) is 72.3 Å². The van der Waals surface area contributed by atoms with Crippen LogP contribution in [-0.2, 0) is 0 Å². The van der Waals surface area contributed by atoms with E-state index in [1.807, 2.05) is 61.5 Å². The minimum atomic E-state index is 0.989. The Morgan fingerprint density at radius 2 is 1.47 bits per heavy atom. The van der Waals surface area contributed by atoms with E-state index in [0.717, 1.165) is 11.4 Å². The molecule has 84 valence electrons. The lowest BCUT2D eigenvalue weighted by atomic mass is 10.2. The van der Waals surface area contributed by atoms with Gasteiger partial charge in [-0.25, -0.2) is 0 Å². The van der Waals surface area contributed by atoms with E-state index in [0.29, 0.717) is 0 Å². The normalized spacial score (nSPS) is 11.9. The van der Waals surface area contributed by atoms with E-state index in [1.165, 1.54) is 5.56 Å². The van der Waals surface area contributed by atoms with Gasteiger partial charge in [0.2, 0.25) is 0 Å². The molecular weight excluding hydrogens is 206 g/mol. The van der Waals surface area contributed by atoms with Crippen molar-refractivity contribution in [1.82, 2.24) is 0 Å². The minimum absolute atomic E-state index is 0.989. The van der Waals surface area contributed by atoms with E-state index in [-0.39, 0.29) is 0 Å². The largest absolute Gasteiger partial charge is 0.254 e. The molecule has 2 aromatic rings. The maximum atomic E-state index is 4.50. The second-order valence-corrected chi connectivity index (χ2v) is 3.83. The fourth-order valence-corrected chi connectivity index (χ4v) is 1.52. The molecule has 0 bridgehead atoms. The number of nitrogens with zero attached hydrogens (tertiary/aromatic N) is 1. The molecule has 0 radical (unpaired) electrons. The Morgan fingerprint density at radius 3 is 2.12 bits per heavy atom. The summed E-state index contributed by atoms with van der Waals surface area (Å²) in [7, 11) is 0. The molecule has 0 fully saturated rings. The van der Waals surface area contributed by atoms with Crippen LogP contribution in [0.4, 0.5) is 5.69 Å². The molecule has 0 unspecified atom stereocenters. The van der Waals surface area contributed by atoms with Crippen molar-refractivity contribution in [1.29, 1.82) is 0 Å². The quantitative estimate of drug-likeness (QED) is 0.677. The summed E-state index contributed by atoms with van der Waals surface area (Å²) < 4.78 is 0. The molecule has 2 aromatic carbocycles. The van der Waals surface area contributed by atoms with Crippen molar-refractivity contribution in [2.45, 2.75) is 6.92 Å². The number of allylic oxidation sites excluding steroid dienone is 1. The third-order valence-corrected chi connectivity index (χ3v) is 2.38. The summed E-state index contributed by atoms with van der Waals surface area (Å²) in [4.78, 5) is 4.50. The summed E-state index contributed by atoms with van der Waals surface area (Å²) in [5.74, 6) is 0. The van der Waals surface area contributed by atoms with E-state index in [9.17, 15) is 0 Å². The zero-order chi connectivity index (χ0) is 11.9. The molecule has 0 saturated heterocycles. The van der Waals surface area contributed by atoms with Gasteiger partial charge in [0.05, 0.1) is 5.69 Å². The van der Waals surface area contributed by atoms with Crippen LogP contribution >= 0.6 is 0 Å². The van der Waals surface area contributed by atoms with Crippen LogP contribution in [0.15, 0.2) is 71.7 Å². The lowest BCUT2D eigenvalue weighted by Gasteiger charge is -1.95. The Labute approximate surface area is 102 Å².